The first-order valence-electron chi connectivity index (χ1n) is 5.60. The molecule has 4 heteroatoms. The largest absolute Gasteiger partial charge is 0.479 e. The molecule has 1 rings (SSSR count). The van der Waals surface area contributed by atoms with Gasteiger partial charge >= 0.3 is 5.97 Å². The van der Waals surface area contributed by atoms with Crippen molar-refractivity contribution in [1.82, 2.24) is 0 Å². The van der Waals surface area contributed by atoms with Gasteiger partial charge in [-0.3, -0.25) is 0 Å². The Labute approximate surface area is 90.2 Å². The van der Waals surface area contributed by atoms with Crippen LogP contribution in [0, 0.1) is 0 Å². The van der Waals surface area contributed by atoms with Gasteiger partial charge in [-0.2, -0.15) is 0 Å². The van der Waals surface area contributed by atoms with Crippen molar-refractivity contribution < 1.29 is 19.7 Å². The molecule has 88 valence electrons. The molecular weight excluding hydrogens is 196 g/mol. The minimum absolute atomic E-state index is 0.118. The van der Waals surface area contributed by atoms with Crippen molar-refractivity contribution in [2.75, 3.05) is 6.61 Å². The van der Waals surface area contributed by atoms with E-state index < -0.39 is 11.6 Å². The zero-order valence-electron chi connectivity index (χ0n) is 9.24. The molecule has 0 aromatic heterocycles. The smallest absolute Gasteiger partial charge is 0.337 e. The Hall–Kier alpha value is -0.610. The Morgan fingerprint density at radius 3 is 2.33 bits per heavy atom. The van der Waals surface area contributed by atoms with E-state index in [0.717, 1.165) is 25.7 Å². The molecule has 1 atom stereocenters. The summed E-state index contributed by atoms with van der Waals surface area (Å²) in [4.78, 5) is 10.6. The van der Waals surface area contributed by atoms with Gasteiger partial charge in [-0.15, -0.1) is 0 Å². The fourth-order valence-electron chi connectivity index (χ4n) is 1.75. The summed E-state index contributed by atoms with van der Waals surface area (Å²) in [5.74, 6) is -1.23. The zero-order chi connectivity index (χ0) is 11.3. The molecule has 1 saturated carbocycles. The van der Waals surface area contributed by atoms with Crippen LogP contribution in [0.5, 0.6) is 0 Å². The Morgan fingerprint density at radius 2 is 1.87 bits per heavy atom. The van der Waals surface area contributed by atoms with Gasteiger partial charge in [-0.1, -0.05) is 25.7 Å². The first-order chi connectivity index (χ1) is 7.02. The molecule has 4 nitrogen and oxygen atoms in total. The lowest BCUT2D eigenvalue weighted by molar-refractivity contribution is -0.165. The van der Waals surface area contributed by atoms with Crippen LogP contribution in [0.1, 0.15) is 45.4 Å². The zero-order valence-corrected chi connectivity index (χ0v) is 9.24. The van der Waals surface area contributed by atoms with Gasteiger partial charge in [-0.05, 0) is 19.8 Å². The van der Waals surface area contributed by atoms with Gasteiger partial charge in [0.2, 0.25) is 0 Å². The number of aliphatic hydroxyl groups is 1. The number of hydrogen-bond donors (Lipinski definition) is 2. The van der Waals surface area contributed by atoms with E-state index in [4.69, 9.17) is 9.84 Å². The van der Waals surface area contributed by atoms with Crippen molar-refractivity contribution in [2.45, 2.75) is 57.2 Å². The van der Waals surface area contributed by atoms with Gasteiger partial charge in [0.1, 0.15) is 0 Å². The first-order valence-corrected chi connectivity index (χ1v) is 5.60. The van der Waals surface area contributed by atoms with E-state index in [1.165, 1.54) is 19.8 Å². The normalized spacial score (nSPS) is 23.1. The average Bonchev–Trinajstić information content (AvgIpc) is 2.42. The maximum atomic E-state index is 10.6. The standard InChI is InChI=1S/C11H20O4/c1-11(14,10(12)13)8-15-9-6-4-2-3-5-7-9/h9,14H,2-8H2,1H3,(H,12,13). The number of carbonyl (C=O) groups is 1. The summed E-state index contributed by atoms with van der Waals surface area (Å²) in [6, 6.07) is 0. The Kier molecular flexibility index (Phi) is 4.54. The summed E-state index contributed by atoms with van der Waals surface area (Å²) in [5, 5.41) is 18.2. The quantitative estimate of drug-likeness (QED) is 0.700. The van der Waals surface area contributed by atoms with Crippen molar-refractivity contribution in [3.63, 3.8) is 0 Å². The maximum absolute atomic E-state index is 10.6. The summed E-state index contributed by atoms with van der Waals surface area (Å²) < 4.78 is 5.46. The lowest BCUT2D eigenvalue weighted by Gasteiger charge is -2.22. The summed E-state index contributed by atoms with van der Waals surface area (Å²) in [5.41, 5.74) is -1.76. The Morgan fingerprint density at radius 1 is 1.33 bits per heavy atom. The average molecular weight is 216 g/mol. The second-order valence-electron chi connectivity index (χ2n) is 4.50. The molecule has 1 aliphatic rings. The Balaban J connectivity index is 2.31. The van der Waals surface area contributed by atoms with Crippen LogP contribution < -0.4 is 0 Å². The number of rotatable bonds is 4. The van der Waals surface area contributed by atoms with Crippen molar-refractivity contribution in [2.24, 2.45) is 0 Å². The second-order valence-corrected chi connectivity index (χ2v) is 4.50. The van der Waals surface area contributed by atoms with Crippen LogP contribution in [-0.4, -0.2) is 34.5 Å². The van der Waals surface area contributed by atoms with Gasteiger partial charge in [0, 0.05) is 0 Å². The van der Waals surface area contributed by atoms with Gasteiger partial charge in [0.05, 0.1) is 12.7 Å². The van der Waals surface area contributed by atoms with Crippen molar-refractivity contribution in [1.29, 1.82) is 0 Å². The molecule has 2 N–H and O–H groups in total. The molecule has 0 aromatic carbocycles. The molecule has 15 heavy (non-hydrogen) atoms. The highest BCUT2D eigenvalue weighted by atomic mass is 16.5. The molecule has 0 spiro atoms. The summed E-state index contributed by atoms with van der Waals surface area (Å²) >= 11 is 0. The predicted octanol–water partition coefficient (Wildman–Crippen LogP) is 1.56. The second kappa shape index (κ2) is 5.47. The van der Waals surface area contributed by atoms with Crippen molar-refractivity contribution in [3.8, 4) is 0 Å². The molecule has 0 bridgehead atoms. The van der Waals surface area contributed by atoms with Gasteiger partial charge in [0.15, 0.2) is 5.60 Å². The minimum atomic E-state index is -1.76. The third kappa shape index (κ3) is 4.18. The molecule has 0 aliphatic heterocycles. The van der Waals surface area contributed by atoms with E-state index in [1.54, 1.807) is 0 Å². The van der Waals surface area contributed by atoms with E-state index in [1.807, 2.05) is 0 Å². The number of ether oxygens (including phenoxy) is 1. The van der Waals surface area contributed by atoms with E-state index in [2.05, 4.69) is 0 Å². The molecule has 0 amide bonds. The van der Waals surface area contributed by atoms with Crippen LogP contribution in [0.3, 0.4) is 0 Å². The molecule has 0 radical (unpaired) electrons. The SMILES string of the molecule is CC(O)(COC1CCCCCC1)C(=O)O. The molecule has 1 aliphatic carbocycles. The first kappa shape index (κ1) is 12.5. The number of carboxylic acid groups (broad SMARTS) is 1. The summed E-state index contributed by atoms with van der Waals surface area (Å²) in [6.07, 6.45) is 6.83. The Bertz CT molecular complexity index is 205. The number of carboxylic acids is 1. The van der Waals surface area contributed by atoms with Gasteiger partial charge in [0.25, 0.3) is 0 Å². The molecule has 0 heterocycles. The van der Waals surface area contributed by atoms with Crippen molar-refractivity contribution >= 4 is 5.97 Å². The van der Waals surface area contributed by atoms with Crippen molar-refractivity contribution in [3.05, 3.63) is 0 Å². The summed E-state index contributed by atoms with van der Waals surface area (Å²) in [6.45, 7) is 1.15. The number of aliphatic carboxylic acids is 1. The highest BCUT2D eigenvalue weighted by Crippen LogP contribution is 2.20. The van der Waals surface area contributed by atoms with Crippen LogP contribution >= 0.6 is 0 Å². The van der Waals surface area contributed by atoms with E-state index in [0.29, 0.717) is 0 Å². The van der Waals surface area contributed by atoms with Gasteiger partial charge in [-0.25, -0.2) is 4.79 Å². The molecular formula is C11H20O4. The fraction of sp³-hybridized carbons (Fsp3) is 0.909. The lowest BCUT2D eigenvalue weighted by Crippen LogP contribution is -2.41. The van der Waals surface area contributed by atoms with E-state index in [9.17, 15) is 9.90 Å². The van der Waals surface area contributed by atoms with Crippen LogP contribution in [-0.2, 0) is 9.53 Å². The third-order valence-electron chi connectivity index (χ3n) is 2.86. The van der Waals surface area contributed by atoms with E-state index in [-0.39, 0.29) is 12.7 Å². The van der Waals surface area contributed by atoms with Crippen LogP contribution in [0.25, 0.3) is 0 Å². The summed E-state index contributed by atoms with van der Waals surface area (Å²) in [7, 11) is 0. The van der Waals surface area contributed by atoms with E-state index >= 15 is 0 Å². The highest BCUT2D eigenvalue weighted by molar-refractivity contribution is 5.76. The third-order valence-corrected chi connectivity index (χ3v) is 2.86. The number of hydrogen-bond acceptors (Lipinski definition) is 3. The van der Waals surface area contributed by atoms with Crippen LogP contribution in [0.4, 0.5) is 0 Å². The van der Waals surface area contributed by atoms with Crippen LogP contribution in [0.2, 0.25) is 0 Å². The lowest BCUT2D eigenvalue weighted by atomic mass is 10.1. The fourth-order valence-corrected chi connectivity index (χ4v) is 1.75. The predicted molar refractivity (Wildman–Crippen MR) is 55.7 cm³/mol. The molecule has 0 saturated heterocycles. The van der Waals surface area contributed by atoms with Crippen LogP contribution in [0.15, 0.2) is 0 Å². The van der Waals surface area contributed by atoms with Gasteiger partial charge < -0.3 is 14.9 Å². The molecule has 0 aromatic rings. The minimum Gasteiger partial charge on any atom is -0.479 e. The molecule has 1 fully saturated rings. The maximum Gasteiger partial charge on any atom is 0.337 e. The highest BCUT2D eigenvalue weighted by Gasteiger charge is 2.31. The monoisotopic (exact) mass is 216 g/mol. The molecule has 1 unspecified atom stereocenters. The topological polar surface area (TPSA) is 66.8 Å².